The van der Waals surface area contributed by atoms with Crippen LogP contribution in [-0.4, -0.2) is 38.9 Å². The Morgan fingerprint density at radius 2 is 2.00 bits per heavy atom. The number of amides is 1. The Morgan fingerprint density at radius 3 is 2.62 bits per heavy atom. The molecule has 21 heavy (non-hydrogen) atoms. The van der Waals surface area contributed by atoms with E-state index in [1.54, 1.807) is 23.1 Å². The Hall–Kier alpha value is -0.920. The van der Waals surface area contributed by atoms with Gasteiger partial charge in [-0.15, -0.1) is 0 Å². The van der Waals surface area contributed by atoms with E-state index in [2.05, 4.69) is 20.7 Å². The molecule has 0 aliphatic carbocycles. The van der Waals surface area contributed by atoms with Crippen molar-refractivity contribution in [2.45, 2.75) is 31.1 Å². The molecule has 0 bridgehead atoms. The minimum atomic E-state index is -3.56. The fraction of sp³-hybridized carbons (Fsp3) is 0.500. The van der Waals surface area contributed by atoms with Crippen LogP contribution in [-0.2, 0) is 14.8 Å². The van der Waals surface area contributed by atoms with Crippen molar-refractivity contribution in [3.8, 4) is 0 Å². The summed E-state index contributed by atoms with van der Waals surface area (Å²) in [5.41, 5.74) is 0.853. The normalized spacial score (nSPS) is 15.4. The van der Waals surface area contributed by atoms with E-state index >= 15 is 0 Å². The van der Waals surface area contributed by atoms with Gasteiger partial charge in [0, 0.05) is 30.5 Å². The summed E-state index contributed by atoms with van der Waals surface area (Å²) in [5, 5.41) is 0. The molecule has 1 aliphatic rings. The number of likely N-dealkylation sites (tertiary alicyclic amines) is 1. The standard InChI is InChI=1S/C14H19BrN2O3S/c1-11-10-12(4-5-13(11)15)21(19,20)16-7-6-14(18)17-8-2-3-9-17/h4-5,10,16H,2-3,6-9H2,1H3. The van der Waals surface area contributed by atoms with Crippen molar-refractivity contribution >= 4 is 31.9 Å². The zero-order valence-corrected chi connectivity index (χ0v) is 14.3. The number of benzene rings is 1. The van der Waals surface area contributed by atoms with Gasteiger partial charge in [0.15, 0.2) is 0 Å². The molecule has 1 heterocycles. The largest absolute Gasteiger partial charge is 0.343 e. The van der Waals surface area contributed by atoms with Crippen LogP contribution in [0.4, 0.5) is 0 Å². The third-order valence-electron chi connectivity index (χ3n) is 3.53. The number of rotatable bonds is 5. The summed E-state index contributed by atoms with van der Waals surface area (Å²) >= 11 is 3.34. The molecule has 5 nitrogen and oxygen atoms in total. The molecule has 0 radical (unpaired) electrons. The minimum absolute atomic E-state index is 0.0159. The number of carbonyl (C=O) groups is 1. The summed E-state index contributed by atoms with van der Waals surface area (Å²) in [6, 6.07) is 4.86. The Kier molecular flexibility index (Phi) is 5.40. The molecule has 0 atom stereocenters. The fourth-order valence-corrected chi connectivity index (χ4v) is 3.65. The average molecular weight is 375 g/mol. The van der Waals surface area contributed by atoms with Gasteiger partial charge in [0.25, 0.3) is 0 Å². The van der Waals surface area contributed by atoms with Gasteiger partial charge in [-0.05, 0) is 43.5 Å². The average Bonchev–Trinajstić information content (AvgIpc) is 2.95. The molecule has 116 valence electrons. The molecule has 0 spiro atoms. The van der Waals surface area contributed by atoms with Gasteiger partial charge in [-0.1, -0.05) is 15.9 Å². The summed E-state index contributed by atoms with van der Waals surface area (Å²) in [5.74, 6) is 0.0159. The SMILES string of the molecule is Cc1cc(S(=O)(=O)NCCC(=O)N2CCCC2)ccc1Br. The molecule has 1 N–H and O–H groups in total. The van der Waals surface area contributed by atoms with E-state index in [0.29, 0.717) is 0 Å². The van der Waals surface area contributed by atoms with E-state index in [1.165, 1.54) is 0 Å². The van der Waals surface area contributed by atoms with Gasteiger partial charge < -0.3 is 4.90 Å². The number of hydrogen-bond donors (Lipinski definition) is 1. The third-order valence-corrected chi connectivity index (χ3v) is 5.88. The monoisotopic (exact) mass is 374 g/mol. The zero-order valence-electron chi connectivity index (χ0n) is 11.9. The van der Waals surface area contributed by atoms with Crippen molar-refractivity contribution < 1.29 is 13.2 Å². The predicted molar refractivity (Wildman–Crippen MR) is 84.5 cm³/mol. The van der Waals surface area contributed by atoms with Crippen LogP contribution in [0, 0.1) is 6.92 Å². The molecule has 1 saturated heterocycles. The summed E-state index contributed by atoms with van der Waals surface area (Å²) in [4.78, 5) is 13.9. The number of nitrogens with zero attached hydrogens (tertiary/aromatic N) is 1. The first-order valence-corrected chi connectivity index (χ1v) is 9.21. The highest BCUT2D eigenvalue weighted by Crippen LogP contribution is 2.19. The van der Waals surface area contributed by atoms with Crippen LogP contribution in [0.5, 0.6) is 0 Å². The van der Waals surface area contributed by atoms with E-state index in [-0.39, 0.29) is 23.8 Å². The van der Waals surface area contributed by atoms with E-state index in [0.717, 1.165) is 36.0 Å². The van der Waals surface area contributed by atoms with Crippen LogP contribution in [0.1, 0.15) is 24.8 Å². The fourth-order valence-electron chi connectivity index (χ4n) is 2.28. The number of nitrogens with one attached hydrogen (secondary N) is 1. The van der Waals surface area contributed by atoms with Crippen molar-refractivity contribution in [3.05, 3.63) is 28.2 Å². The number of hydrogen-bond acceptors (Lipinski definition) is 3. The van der Waals surface area contributed by atoms with Gasteiger partial charge >= 0.3 is 0 Å². The lowest BCUT2D eigenvalue weighted by Gasteiger charge is -2.15. The van der Waals surface area contributed by atoms with Gasteiger partial charge in [-0.2, -0.15) is 0 Å². The van der Waals surface area contributed by atoms with Crippen molar-refractivity contribution in [2.24, 2.45) is 0 Å². The third kappa shape index (κ3) is 4.28. The summed E-state index contributed by atoms with van der Waals surface area (Å²) < 4.78 is 27.6. The van der Waals surface area contributed by atoms with Gasteiger partial charge in [-0.3, -0.25) is 4.79 Å². The maximum absolute atomic E-state index is 12.1. The Labute approximate surface area is 133 Å². The van der Waals surface area contributed by atoms with Crippen LogP contribution < -0.4 is 4.72 Å². The maximum Gasteiger partial charge on any atom is 0.240 e. The highest BCUT2D eigenvalue weighted by molar-refractivity contribution is 9.10. The molecule has 1 aromatic carbocycles. The van der Waals surface area contributed by atoms with Crippen molar-refractivity contribution in [1.29, 1.82) is 0 Å². The Balaban J connectivity index is 1.91. The molecule has 0 aromatic heterocycles. The topological polar surface area (TPSA) is 66.5 Å². The second kappa shape index (κ2) is 6.89. The second-order valence-electron chi connectivity index (χ2n) is 5.15. The predicted octanol–water partition coefficient (Wildman–Crippen LogP) is 2.05. The first-order valence-electron chi connectivity index (χ1n) is 6.94. The van der Waals surface area contributed by atoms with Gasteiger partial charge in [0.05, 0.1) is 4.90 Å². The van der Waals surface area contributed by atoms with Crippen molar-refractivity contribution in [1.82, 2.24) is 9.62 Å². The van der Waals surface area contributed by atoms with Crippen LogP contribution in [0.15, 0.2) is 27.6 Å². The maximum atomic E-state index is 12.1. The van der Waals surface area contributed by atoms with Crippen molar-refractivity contribution in [3.63, 3.8) is 0 Å². The second-order valence-corrected chi connectivity index (χ2v) is 7.77. The van der Waals surface area contributed by atoms with Crippen LogP contribution in [0.3, 0.4) is 0 Å². The molecule has 0 unspecified atom stereocenters. The zero-order chi connectivity index (χ0) is 15.5. The Bertz CT molecular complexity index is 625. The molecule has 2 rings (SSSR count). The quantitative estimate of drug-likeness (QED) is 0.857. The van der Waals surface area contributed by atoms with E-state index in [4.69, 9.17) is 0 Å². The van der Waals surface area contributed by atoms with Crippen LogP contribution in [0.25, 0.3) is 0 Å². The molecule has 0 saturated carbocycles. The molecular formula is C14H19BrN2O3S. The molecular weight excluding hydrogens is 356 g/mol. The lowest BCUT2D eigenvalue weighted by molar-refractivity contribution is -0.129. The molecule has 7 heteroatoms. The van der Waals surface area contributed by atoms with Gasteiger partial charge in [0.1, 0.15) is 0 Å². The number of halogens is 1. The Morgan fingerprint density at radius 1 is 1.33 bits per heavy atom. The van der Waals surface area contributed by atoms with E-state index in [9.17, 15) is 13.2 Å². The summed E-state index contributed by atoms with van der Waals surface area (Å²) in [6.07, 6.45) is 2.28. The first kappa shape index (κ1) is 16.5. The lowest BCUT2D eigenvalue weighted by Crippen LogP contribution is -2.32. The summed E-state index contributed by atoms with van der Waals surface area (Å²) in [7, 11) is -3.56. The molecule has 1 aromatic rings. The molecule has 1 aliphatic heterocycles. The van der Waals surface area contributed by atoms with E-state index < -0.39 is 10.0 Å². The van der Waals surface area contributed by atoms with Crippen LogP contribution in [0.2, 0.25) is 0 Å². The van der Waals surface area contributed by atoms with Crippen molar-refractivity contribution in [2.75, 3.05) is 19.6 Å². The number of aryl methyl sites for hydroxylation is 1. The smallest absolute Gasteiger partial charge is 0.240 e. The highest BCUT2D eigenvalue weighted by atomic mass is 79.9. The molecule has 1 amide bonds. The number of carbonyl (C=O) groups excluding carboxylic acids is 1. The first-order chi connectivity index (χ1) is 9.90. The van der Waals surface area contributed by atoms with Crippen LogP contribution >= 0.6 is 15.9 Å². The van der Waals surface area contributed by atoms with Gasteiger partial charge in [0.2, 0.25) is 15.9 Å². The van der Waals surface area contributed by atoms with Gasteiger partial charge in [-0.25, -0.2) is 13.1 Å². The van der Waals surface area contributed by atoms with E-state index in [1.807, 2.05) is 6.92 Å². The number of sulfonamides is 1. The highest BCUT2D eigenvalue weighted by Gasteiger charge is 2.19. The molecule has 1 fully saturated rings. The summed E-state index contributed by atoms with van der Waals surface area (Å²) in [6.45, 7) is 3.54. The minimum Gasteiger partial charge on any atom is -0.343 e. The lowest BCUT2D eigenvalue weighted by atomic mass is 10.2.